The molecule has 2 unspecified atom stereocenters. The number of aliphatic hydroxyl groups excluding tert-OH is 2. The molecule has 0 fully saturated rings. The number of hydrogen-bond acceptors (Lipinski definition) is 5. The predicted molar refractivity (Wildman–Crippen MR) is 87.3 cm³/mol. The van der Waals surface area contributed by atoms with Crippen LogP contribution < -0.4 is 11.1 Å². The maximum atomic E-state index is 11.5. The van der Waals surface area contributed by atoms with Gasteiger partial charge in [0.1, 0.15) is 17.5 Å². The number of hydrogen-bond donors (Lipinski definition) is 5. The molecule has 0 aliphatic heterocycles. The second-order valence-electron chi connectivity index (χ2n) is 6.23. The summed E-state index contributed by atoms with van der Waals surface area (Å²) in [5.74, 6) is -0.182. The fourth-order valence-electron chi connectivity index (χ4n) is 2.00. The first kappa shape index (κ1) is 18.9. The smallest absolute Gasteiger partial charge is 0.407 e. The van der Waals surface area contributed by atoms with E-state index < -0.39 is 23.9 Å². The number of nitrogens with two attached hydrogens (primary N) is 1. The van der Waals surface area contributed by atoms with Crippen LogP contribution in [0.15, 0.2) is 24.3 Å². The second-order valence-corrected chi connectivity index (χ2v) is 6.23. The van der Waals surface area contributed by atoms with Gasteiger partial charge in [-0.3, -0.25) is 5.41 Å². The predicted octanol–water partition coefficient (Wildman–Crippen LogP) is 1.28. The molecule has 0 saturated carbocycles. The van der Waals surface area contributed by atoms with Gasteiger partial charge in [0, 0.05) is 12.1 Å². The van der Waals surface area contributed by atoms with Gasteiger partial charge in [-0.05, 0) is 32.8 Å². The van der Waals surface area contributed by atoms with Crippen molar-refractivity contribution in [3.63, 3.8) is 0 Å². The molecule has 0 bridgehead atoms. The quantitative estimate of drug-likeness (QED) is 0.398. The fraction of sp³-hybridized carbons (Fsp3) is 0.500. The number of amidine groups is 1. The minimum atomic E-state index is -1.20. The van der Waals surface area contributed by atoms with Crippen LogP contribution in [0, 0.1) is 5.41 Å². The van der Waals surface area contributed by atoms with Crippen LogP contribution in [-0.2, 0) is 4.74 Å². The Morgan fingerprint density at radius 1 is 1.35 bits per heavy atom. The molecular formula is C16H25N3O4. The number of benzene rings is 1. The number of amides is 1. The molecule has 0 heterocycles. The van der Waals surface area contributed by atoms with Crippen LogP contribution in [-0.4, -0.2) is 40.4 Å². The van der Waals surface area contributed by atoms with Gasteiger partial charge in [-0.15, -0.1) is 0 Å². The van der Waals surface area contributed by atoms with Crippen molar-refractivity contribution in [2.45, 2.75) is 45.0 Å². The largest absolute Gasteiger partial charge is 0.444 e. The zero-order valence-electron chi connectivity index (χ0n) is 13.7. The van der Waals surface area contributed by atoms with Crippen molar-refractivity contribution in [3.05, 3.63) is 35.4 Å². The average molecular weight is 323 g/mol. The van der Waals surface area contributed by atoms with Gasteiger partial charge >= 0.3 is 6.09 Å². The minimum Gasteiger partial charge on any atom is -0.444 e. The van der Waals surface area contributed by atoms with Crippen molar-refractivity contribution in [2.24, 2.45) is 5.73 Å². The number of carbonyl (C=O) groups excluding carboxylic acids is 1. The molecule has 1 aromatic rings. The van der Waals surface area contributed by atoms with Crippen molar-refractivity contribution in [2.75, 3.05) is 6.54 Å². The molecule has 2 atom stereocenters. The maximum Gasteiger partial charge on any atom is 0.407 e. The first-order valence-electron chi connectivity index (χ1n) is 7.38. The van der Waals surface area contributed by atoms with Crippen molar-refractivity contribution in [1.82, 2.24) is 5.32 Å². The normalized spacial score (nSPS) is 14.0. The van der Waals surface area contributed by atoms with Gasteiger partial charge in [0.05, 0.1) is 6.10 Å². The van der Waals surface area contributed by atoms with Crippen molar-refractivity contribution >= 4 is 11.9 Å². The molecule has 0 radical (unpaired) electrons. The standard InChI is InChI=1S/C16H25N3O4/c1-16(2,3)23-15(22)19-9-8-12(20)13(21)10-6-4-5-7-11(10)14(17)18/h4-7,12-13,20-21H,8-9H2,1-3H3,(H3,17,18)(H,19,22). The van der Waals surface area contributed by atoms with Crippen LogP contribution in [0.25, 0.3) is 0 Å². The first-order chi connectivity index (χ1) is 10.6. The van der Waals surface area contributed by atoms with Crippen LogP contribution in [0.3, 0.4) is 0 Å². The van der Waals surface area contributed by atoms with Crippen LogP contribution in [0.4, 0.5) is 4.79 Å². The Hall–Kier alpha value is -2.12. The summed E-state index contributed by atoms with van der Waals surface area (Å²) in [4.78, 5) is 11.5. The third-order valence-electron chi connectivity index (χ3n) is 3.04. The van der Waals surface area contributed by atoms with Crippen LogP contribution in [0.5, 0.6) is 0 Å². The summed E-state index contributed by atoms with van der Waals surface area (Å²) in [6.45, 7) is 5.41. The van der Waals surface area contributed by atoms with Gasteiger partial charge in [0.15, 0.2) is 0 Å². The Morgan fingerprint density at radius 3 is 2.52 bits per heavy atom. The Balaban J connectivity index is 2.57. The summed E-state index contributed by atoms with van der Waals surface area (Å²) in [5.41, 5.74) is 5.63. The monoisotopic (exact) mass is 323 g/mol. The van der Waals surface area contributed by atoms with E-state index >= 15 is 0 Å². The maximum absolute atomic E-state index is 11.5. The number of alkyl carbamates (subject to hydrolysis) is 1. The highest BCUT2D eigenvalue weighted by Gasteiger charge is 2.22. The Kier molecular flexibility index (Phi) is 6.53. The van der Waals surface area contributed by atoms with Crippen molar-refractivity contribution < 1.29 is 19.7 Å². The molecule has 1 rings (SSSR count). The molecule has 0 aliphatic rings. The molecule has 7 heteroatoms. The van der Waals surface area contributed by atoms with E-state index in [1.165, 1.54) is 0 Å². The summed E-state index contributed by atoms with van der Waals surface area (Å²) in [5, 5.41) is 30.3. The highest BCUT2D eigenvalue weighted by molar-refractivity contribution is 5.96. The molecule has 0 saturated heterocycles. The molecule has 1 amide bonds. The molecule has 128 valence electrons. The van der Waals surface area contributed by atoms with Crippen molar-refractivity contribution in [3.8, 4) is 0 Å². The lowest BCUT2D eigenvalue weighted by atomic mass is 9.96. The number of rotatable bonds is 6. The lowest BCUT2D eigenvalue weighted by Crippen LogP contribution is -2.34. The molecule has 0 aromatic heterocycles. The number of nitrogen functional groups attached to an aromatic ring is 1. The topological polar surface area (TPSA) is 129 Å². The van der Waals surface area contributed by atoms with E-state index in [-0.39, 0.29) is 18.8 Å². The SMILES string of the molecule is CC(C)(C)OC(=O)NCCC(O)C(O)c1ccccc1C(=N)N. The molecule has 1 aromatic carbocycles. The Labute approximate surface area is 136 Å². The number of aliphatic hydroxyl groups is 2. The molecular weight excluding hydrogens is 298 g/mol. The summed E-state index contributed by atoms with van der Waals surface area (Å²) in [6, 6.07) is 6.60. The van der Waals surface area contributed by atoms with Gasteiger partial charge in [-0.25, -0.2) is 4.79 Å². The van der Waals surface area contributed by atoms with Crippen LogP contribution in [0.2, 0.25) is 0 Å². The number of nitrogens with one attached hydrogen (secondary N) is 2. The second kappa shape index (κ2) is 7.94. The number of carbonyl (C=O) groups is 1. The highest BCUT2D eigenvalue weighted by Crippen LogP contribution is 2.22. The third-order valence-corrected chi connectivity index (χ3v) is 3.04. The number of ether oxygens (including phenoxy) is 1. The van der Waals surface area contributed by atoms with E-state index in [4.69, 9.17) is 15.9 Å². The van der Waals surface area contributed by atoms with E-state index in [0.717, 1.165) is 0 Å². The highest BCUT2D eigenvalue weighted by atomic mass is 16.6. The van der Waals surface area contributed by atoms with Gasteiger partial charge in [0.2, 0.25) is 0 Å². The molecule has 23 heavy (non-hydrogen) atoms. The molecule has 0 spiro atoms. The van der Waals surface area contributed by atoms with Gasteiger partial charge in [-0.2, -0.15) is 0 Å². The van der Waals surface area contributed by atoms with Crippen LogP contribution in [0.1, 0.15) is 44.4 Å². The third kappa shape index (κ3) is 6.25. The average Bonchev–Trinajstić information content (AvgIpc) is 2.44. The van der Waals surface area contributed by atoms with Gasteiger partial charge in [0.25, 0.3) is 0 Å². The van der Waals surface area contributed by atoms with E-state index in [1.54, 1.807) is 45.0 Å². The van der Waals surface area contributed by atoms with E-state index in [0.29, 0.717) is 11.1 Å². The molecule has 7 nitrogen and oxygen atoms in total. The van der Waals surface area contributed by atoms with E-state index in [2.05, 4.69) is 5.32 Å². The van der Waals surface area contributed by atoms with Gasteiger partial charge < -0.3 is 26.0 Å². The first-order valence-corrected chi connectivity index (χ1v) is 7.38. The summed E-state index contributed by atoms with van der Waals surface area (Å²) >= 11 is 0. The van der Waals surface area contributed by atoms with Crippen LogP contribution >= 0.6 is 0 Å². The molecule has 6 N–H and O–H groups in total. The summed E-state index contributed by atoms with van der Waals surface area (Å²) < 4.78 is 5.08. The summed E-state index contributed by atoms with van der Waals surface area (Å²) in [6.07, 6.45) is -2.75. The zero-order chi connectivity index (χ0) is 17.6. The fourth-order valence-corrected chi connectivity index (χ4v) is 2.00. The van der Waals surface area contributed by atoms with Gasteiger partial charge in [-0.1, -0.05) is 24.3 Å². The van der Waals surface area contributed by atoms with E-state index in [1.807, 2.05) is 0 Å². The minimum absolute atomic E-state index is 0.132. The Bertz CT molecular complexity index is 555. The summed E-state index contributed by atoms with van der Waals surface area (Å²) in [7, 11) is 0. The molecule has 0 aliphatic carbocycles. The Morgan fingerprint density at radius 2 is 1.96 bits per heavy atom. The lowest BCUT2D eigenvalue weighted by Gasteiger charge is -2.22. The zero-order valence-corrected chi connectivity index (χ0v) is 13.7. The lowest BCUT2D eigenvalue weighted by molar-refractivity contribution is 0.0122. The van der Waals surface area contributed by atoms with E-state index in [9.17, 15) is 15.0 Å². The van der Waals surface area contributed by atoms with Crippen molar-refractivity contribution in [1.29, 1.82) is 5.41 Å².